The van der Waals surface area contributed by atoms with Crippen LogP contribution >= 0.6 is 0 Å². The molecule has 0 aromatic carbocycles. The summed E-state index contributed by atoms with van der Waals surface area (Å²) in [6, 6.07) is -2.89. The molecule has 0 radical (unpaired) electrons. The van der Waals surface area contributed by atoms with Gasteiger partial charge >= 0.3 is 12.0 Å². The van der Waals surface area contributed by atoms with Crippen LogP contribution in [0.3, 0.4) is 0 Å². The van der Waals surface area contributed by atoms with Crippen LogP contribution in [0.15, 0.2) is 0 Å². The average Bonchev–Trinajstić information content (AvgIpc) is 2.57. The first kappa shape index (κ1) is 27.4. The summed E-state index contributed by atoms with van der Waals surface area (Å²) in [6.45, 7) is 10.2. The summed E-state index contributed by atoms with van der Waals surface area (Å²) in [7, 11) is 0. The van der Waals surface area contributed by atoms with Crippen LogP contribution in [0.1, 0.15) is 60.8 Å². The maximum atomic E-state index is 12.8. The van der Waals surface area contributed by atoms with Gasteiger partial charge in [0.25, 0.3) is 0 Å². The zero-order valence-corrected chi connectivity index (χ0v) is 18.7. The zero-order chi connectivity index (χ0) is 23.6. The molecule has 0 aromatic rings. The lowest BCUT2D eigenvalue weighted by molar-refractivity contribution is -0.145. The van der Waals surface area contributed by atoms with Crippen molar-refractivity contribution in [3.8, 4) is 0 Å². The fourth-order valence-corrected chi connectivity index (χ4v) is 2.90. The Bertz CT molecular complexity index is 642. The molecule has 0 aliphatic heterocycles. The lowest BCUT2D eigenvalue weighted by Gasteiger charge is -2.30. The molecule has 0 fully saturated rings. The lowest BCUT2D eigenvalue weighted by Crippen LogP contribution is -2.56. The number of Topliss-reactive ketones (excluding diaryl/α,β-unsaturated/α-hetero) is 1. The first-order valence-corrected chi connectivity index (χ1v) is 10.0. The van der Waals surface area contributed by atoms with Crippen LogP contribution in [0.25, 0.3) is 0 Å². The van der Waals surface area contributed by atoms with Gasteiger partial charge in [-0.3, -0.25) is 9.59 Å². The van der Waals surface area contributed by atoms with Gasteiger partial charge in [-0.2, -0.15) is 0 Å². The summed E-state index contributed by atoms with van der Waals surface area (Å²) in [5, 5.41) is 17.0. The molecule has 0 heterocycles. The normalized spacial score (nSPS) is 14.4. The number of primary amides is 1. The average molecular weight is 429 g/mol. The Morgan fingerprint density at radius 2 is 1.57 bits per heavy atom. The fraction of sp³-hybridized carbons (Fsp3) is 0.750. The van der Waals surface area contributed by atoms with Gasteiger partial charge in [-0.15, -0.1) is 0 Å². The first-order chi connectivity index (χ1) is 13.7. The van der Waals surface area contributed by atoms with Crippen LogP contribution in [-0.2, 0) is 19.2 Å². The number of hydrogen-bond donors (Lipinski definition) is 5. The van der Waals surface area contributed by atoms with E-state index in [4.69, 9.17) is 5.73 Å². The van der Waals surface area contributed by atoms with E-state index in [0.29, 0.717) is 6.42 Å². The zero-order valence-electron chi connectivity index (χ0n) is 18.7. The number of nitrogens with one attached hydrogen (secondary N) is 3. The number of carbonyl (C=O) groups excluding carboxylic acids is 4. The van der Waals surface area contributed by atoms with Crippen LogP contribution in [-0.4, -0.2) is 53.3 Å². The summed E-state index contributed by atoms with van der Waals surface area (Å²) < 4.78 is 0. The fourth-order valence-electron chi connectivity index (χ4n) is 2.90. The molecule has 6 N–H and O–H groups in total. The van der Waals surface area contributed by atoms with Crippen LogP contribution < -0.4 is 21.7 Å². The molecular formula is C20H36N4O6. The third-order valence-electron chi connectivity index (χ3n) is 4.65. The maximum absolute atomic E-state index is 12.8. The van der Waals surface area contributed by atoms with E-state index in [-0.39, 0.29) is 31.1 Å². The Labute approximate surface area is 177 Å². The van der Waals surface area contributed by atoms with E-state index in [0.717, 1.165) is 0 Å². The number of carboxylic acid groups (broad SMARTS) is 1. The molecule has 172 valence electrons. The Morgan fingerprint density at radius 1 is 1.00 bits per heavy atom. The largest absolute Gasteiger partial charge is 0.480 e. The van der Waals surface area contributed by atoms with Gasteiger partial charge in [0.05, 0.1) is 0 Å². The predicted molar refractivity (Wildman–Crippen MR) is 111 cm³/mol. The quantitative estimate of drug-likeness (QED) is 0.288. The van der Waals surface area contributed by atoms with Crippen LogP contribution in [0.5, 0.6) is 0 Å². The van der Waals surface area contributed by atoms with Gasteiger partial charge in [0, 0.05) is 18.9 Å². The smallest absolute Gasteiger partial charge is 0.326 e. The first-order valence-electron chi connectivity index (χ1n) is 10.0. The lowest BCUT2D eigenvalue weighted by atomic mass is 9.86. The van der Waals surface area contributed by atoms with Crippen molar-refractivity contribution < 1.29 is 29.1 Å². The van der Waals surface area contributed by atoms with Crippen molar-refractivity contribution in [1.82, 2.24) is 16.0 Å². The molecule has 3 atom stereocenters. The van der Waals surface area contributed by atoms with Crippen LogP contribution in [0.2, 0.25) is 0 Å². The third-order valence-corrected chi connectivity index (χ3v) is 4.65. The molecule has 0 aromatic heterocycles. The summed E-state index contributed by atoms with van der Waals surface area (Å²) >= 11 is 0. The number of carbonyl (C=O) groups is 5. The molecule has 10 heteroatoms. The van der Waals surface area contributed by atoms with Crippen molar-refractivity contribution in [2.45, 2.75) is 72.9 Å². The van der Waals surface area contributed by atoms with Gasteiger partial charge < -0.3 is 31.6 Å². The highest BCUT2D eigenvalue weighted by Gasteiger charge is 2.35. The second-order valence-electron chi connectivity index (χ2n) is 8.90. The van der Waals surface area contributed by atoms with Gasteiger partial charge in [0.2, 0.25) is 11.8 Å². The monoisotopic (exact) mass is 428 g/mol. The van der Waals surface area contributed by atoms with Crippen LogP contribution in [0.4, 0.5) is 4.79 Å². The molecule has 10 nitrogen and oxygen atoms in total. The summed E-state index contributed by atoms with van der Waals surface area (Å²) in [4.78, 5) is 59.5. The highest BCUT2D eigenvalue weighted by atomic mass is 16.4. The minimum Gasteiger partial charge on any atom is -0.480 e. The summed E-state index contributed by atoms with van der Waals surface area (Å²) in [6.07, 6.45) is 0.521. The molecule has 0 saturated carbocycles. The highest BCUT2D eigenvalue weighted by Crippen LogP contribution is 2.20. The predicted octanol–water partition coefficient (Wildman–Crippen LogP) is 0.787. The maximum Gasteiger partial charge on any atom is 0.326 e. The standard InChI is InChI=1S/C20H36N4O6/c1-11(2)13(10-12(3)25)16(26)23-14(8-7-9-22-19(21)30)17(27)24-15(18(28)29)20(4,5)6/h11,13-15H,7-10H2,1-6H3,(H,23,26)(H,24,27)(H,28,29)(H3,21,22,30)/t13-,14-,15+/m1/s1. The molecule has 0 saturated heterocycles. The number of hydrogen-bond acceptors (Lipinski definition) is 5. The van der Waals surface area contributed by atoms with Crippen molar-refractivity contribution >= 4 is 29.6 Å². The highest BCUT2D eigenvalue weighted by molar-refractivity contribution is 5.92. The number of urea groups is 1. The van der Waals surface area contributed by atoms with Crippen molar-refractivity contribution in [3.63, 3.8) is 0 Å². The van der Waals surface area contributed by atoms with E-state index in [1.807, 2.05) is 0 Å². The van der Waals surface area contributed by atoms with E-state index < -0.39 is 47.2 Å². The second kappa shape index (κ2) is 12.1. The number of nitrogens with two attached hydrogens (primary N) is 1. The van der Waals surface area contributed by atoms with E-state index in [1.54, 1.807) is 34.6 Å². The molecule has 30 heavy (non-hydrogen) atoms. The Kier molecular flexibility index (Phi) is 11.1. The molecular weight excluding hydrogens is 392 g/mol. The Balaban J connectivity index is 5.44. The molecule has 0 aliphatic rings. The number of aliphatic carboxylic acids is 1. The second-order valence-corrected chi connectivity index (χ2v) is 8.90. The topological polar surface area (TPSA) is 168 Å². The Hall–Kier alpha value is -2.65. The molecule has 0 bridgehead atoms. The summed E-state index contributed by atoms with van der Waals surface area (Å²) in [5.41, 5.74) is 4.27. The Morgan fingerprint density at radius 3 is 1.97 bits per heavy atom. The van der Waals surface area contributed by atoms with E-state index in [9.17, 15) is 29.1 Å². The van der Waals surface area contributed by atoms with E-state index in [1.165, 1.54) is 6.92 Å². The van der Waals surface area contributed by atoms with Crippen molar-refractivity contribution in [1.29, 1.82) is 0 Å². The number of ketones is 1. The SMILES string of the molecule is CC(=O)C[C@@H](C(=O)N[C@H](CCCNC(N)=O)C(=O)N[C@@H](C(=O)O)C(C)(C)C)C(C)C. The van der Waals surface area contributed by atoms with Gasteiger partial charge in [-0.05, 0) is 31.1 Å². The minimum absolute atomic E-state index is 0.0425. The van der Waals surface area contributed by atoms with Gasteiger partial charge in [-0.1, -0.05) is 34.6 Å². The molecule has 0 spiro atoms. The van der Waals surface area contributed by atoms with Gasteiger partial charge in [0.15, 0.2) is 0 Å². The van der Waals surface area contributed by atoms with Crippen molar-refractivity contribution in [3.05, 3.63) is 0 Å². The number of carboxylic acids is 1. The van der Waals surface area contributed by atoms with Gasteiger partial charge in [0.1, 0.15) is 17.9 Å². The number of amides is 4. The van der Waals surface area contributed by atoms with Crippen molar-refractivity contribution in [2.24, 2.45) is 23.0 Å². The van der Waals surface area contributed by atoms with E-state index in [2.05, 4.69) is 16.0 Å². The van der Waals surface area contributed by atoms with Crippen molar-refractivity contribution in [2.75, 3.05) is 6.54 Å². The molecule has 0 aliphatic carbocycles. The molecule has 4 amide bonds. The summed E-state index contributed by atoms with van der Waals surface area (Å²) in [5.74, 6) is -3.17. The molecule has 0 unspecified atom stereocenters. The third kappa shape index (κ3) is 10.2. The molecule has 0 rings (SSSR count). The minimum atomic E-state index is -1.19. The van der Waals surface area contributed by atoms with Gasteiger partial charge in [-0.25, -0.2) is 9.59 Å². The van der Waals surface area contributed by atoms with Crippen LogP contribution in [0, 0.1) is 17.3 Å². The number of rotatable bonds is 12. The van der Waals surface area contributed by atoms with E-state index >= 15 is 0 Å².